The van der Waals surface area contributed by atoms with Crippen molar-refractivity contribution < 1.29 is 0 Å². The second-order valence-electron chi connectivity index (χ2n) is 4.83. The molecule has 0 spiro atoms. The molecule has 20 heavy (non-hydrogen) atoms. The lowest BCUT2D eigenvalue weighted by molar-refractivity contribution is 0.495. The summed E-state index contributed by atoms with van der Waals surface area (Å²) >= 11 is 18.2. The van der Waals surface area contributed by atoms with Crippen molar-refractivity contribution in [1.29, 1.82) is 0 Å². The molecule has 0 bridgehead atoms. The van der Waals surface area contributed by atoms with E-state index in [4.69, 9.17) is 34.8 Å². The Balaban J connectivity index is 2.12. The molecular formula is C16H16Cl3N. The first kappa shape index (κ1) is 15.7. The van der Waals surface area contributed by atoms with Crippen molar-refractivity contribution in [3.8, 4) is 0 Å². The Kier molecular flexibility index (Phi) is 5.34. The number of hydrogen-bond donors (Lipinski definition) is 1. The van der Waals surface area contributed by atoms with Crippen molar-refractivity contribution >= 4 is 34.8 Å². The fraction of sp³-hybridized carbons (Fsp3) is 0.250. The number of halogens is 3. The summed E-state index contributed by atoms with van der Waals surface area (Å²) in [5.41, 5.74) is 2.18. The first-order chi connectivity index (χ1) is 9.47. The molecule has 4 heteroatoms. The highest BCUT2D eigenvalue weighted by molar-refractivity contribution is 6.35. The predicted molar refractivity (Wildman–Crippen MR) is 87.9 cm³/mol. The summed E-state index contributed by atoms with van der Waals surface area (Å²) in [5, 5.41) is 5.58. The van der Waals surface area contributed by atoms with Crippen LogP contribution in [0.2, 0.25) is 15.1 Å². The van der Waals surface area contributed by atoms with Crippen LogP contribution in [0.4, 0.5) is 0 Å². The quantitative estimate of drug-likeness (QED) is 0.719. The van der Waals surface area contributed by atoms with E-state index in [1.165, 1.54) is 0 Å². The van der Waals surface area contributed by atoms with Crippen LogP contribution in [0, 0.1) is 0 Å². The predicted octanol–water partition coefficient (Wildman–Crippen LogP) is 6.06. The van der Waals surface area contributed by atoms with E-state index in [2.05, 4.69) is 25.2 Å². The third kappa shape index (κ3) is 3.89. The molecule has 0 aliphatic heterocycles. The fourth-order valence-corrected chi connectivity index (χ4v) is 2.96. The smallest absolute Gasteiger partial charge is 0.0468 e. The van der Waals surface area contributed by atoms with Crippen molar-refractivity contribution in [2.75, 3.05) is 0 Å². The van der Waals surface area contributed by atoms with Gasteiger partial charge < -0.3 is 5.32 Å². The fourth-order valence-electron chi connectivity index (χ4n) is 2.19. The molecule has 2 atom stereocenters. The van der Waals surface area contributed by atoms with Gasteiger partial charge >= 0.3 is 0 Å². The highest BCUT2D eigenvalue weighted by atomic mass is 35.5. The van der Waals surface area contributed by atoms with Crippen molar-refractivity contribution in [2.24, 2.45) is 0 Å². The van der Waals surface area contributed by atoms with E-state index in [9.17, 15) is 0 Å². The summed E-state index contributed by atoms with van der Waals surface area (Å²) in [6.07, 6.45) is 0. The monoisotopic (exact) mass is 327 g/mol. The first-order valence-corrected chi connectivity index (χ1v) is 7.57. The topological polar surface area (TPSA) is 12.0 Å². The van der Waals surface area contributed by atoms with Crippen LogP contribution < -0.4 is 5.32 Å². The first-order valence-electron chi connectivity index (χ1n) is 6.44. The van der Waals surface area contributed by atoms with Crippen molar-refractivity contribution in [3.05, 3.63) is 68.7 Å². The van der Waals surface area contributed by atoms with E-state index in [1.54, 1.807) is 6.07 Å². The number of hydrogen-bond acceptors (Lipinski definition) is 1. The summed E-state index contributed by atoms with van der Waals surface area (Å²) in [6.45, 7) is 4.18. The summed E-state index contributed by atoms with van der Waals surface area (Å²) in [5.74, 6) is 0. The molecule has 1 nitrogen and oxygen atoms in total. The van der Waals surface area contributed by atoms with E-state index in [1.807, 2.05) is 30.3 Å². The minimum absolute atomic E-state index is 0.119. The Morgan fingerprint density at radius 2 is 1.55 bits per heavy atom. The maximum atomic E-state index is 6.23. The molecule has 2 unspecified atom stereocenters. The van der Waals surface area contributed by atoms with Crippen LogP contribution in [0.15, 0.2) is 42.5 Å². The van der Waals surface area contributed by atoms with E-state index in [-0.39, 0.29) is 12.1 Å². The van der Waals surface area contributed by atoms with Gasteiger partial charge in [0.05, 0.1) is 0 Å². The number of rotatable bonds is 4. The van der Waals surface area contributed by atoms with Crippen LogP contribution >= 0.6 is 34.8 Å². The lowest BCUT2D eigenvalue weighted by atomic mass is 10.0. The van der Waals surface area contributed by atoms with E-state index in [0.717, 1.165) is 16.1 Å². The van der Waals surface area contributed by atoms with Gasteiger partial charge in [-0.2, -0.15) is 0 Å². The van der Waals surface area contributed by atoms with Crippen LogP contribution in [0.5, 0.6) is 0 Å². The highest BCUT2D eigenvalue weighted by Gasteiger charge is 2.14. The summed E-state index contributed by atoms with van der Waals surface area (Å²) in [7, 11) is 0. The molecular weight excluding hydrogens is 313 g/mol. The molecule has 2 aromatic rings. The lowest BCUT2D eigenvalue weighted by Crippen LogP contribution is -2.22. The largest absolute Gasteiger partial charge is 0.304 e. The third-order valence-corrected chi connectivity index (χ3v) is 4.08. The van der Waals surface area contributed by atoms with E-state index < -0.39 is 0 Å². The van der Waals surface area contributed by atoms with Gasteiger partial charge in [0, 0.05) is 27.2 Å². The van der Waals surface area contributed by atoms with Crippen molar-refractivity contribution in [2.45, 2.75) is 25.9 Å². The molecule has 2 rings (SSSR count). The van der Waals surface area contributed by atoms with Crippen LogP contribution in [-0.2, 0) is 0 Å². The molecule has 1 N–H and O–H groups in total. The molecule has 0 aliphatic carbocycles. The van der Waals surface area contributed by atoms with E-state index in [0.29, 0.717) is 10.0 Å². The van der Waals surface area contributed by atoms with Gasteiger partial charge in [-0.1, -0.05) is 53.0 Å². The average Bonchev–Trinajstić information content (AvgIpc) is 2.38. The second-order valence-corrected chi connectivity index (χ2v) is 6.11. The van der Waals surface area contributed by atoms with Crippen LogP contribution in [0.1, 0.15) is 37.1 Å². The standard InChI is InChI=1S/C16H16Cl3N/c1-10(12-4-3-5-13(17)8-12)20-11(2)15-7-6-14(18)9-16(15)19/h3-11,20H,1-2H3. The zero-order chi connectivity index (χ0) is 14.7. The van der Waals surface area contributed by atoms with Gasteiger partial charge in [0.1, 0.15) is 0 Å². The van der Waals surface area contributed by atoms with Crippen LogP contribution in [0.25, 0.3) is 0 Å². The molecule has 0 aromatic heterocycles. The Morgan fingerprint density at radius 3 is 2.20 bits per heavy atom. The third-order valence-electron chi connectivity index (χ3n) is 3.28. The van der Waals surface area contributed by atoms with Crippen molar-refractivity contribution in [3.63, 3.8) is 0 Å². The highest BCUT2D eigenvalue weighted by Crippen LogP contribution is 2.28. The maximum absolute atomic E-state index is 6.23. The van der Waals surface area contributed by atoms with Gasteiger partial charge in [0.25, 0.3) is 0 Å². The molecule has 0 saturated heterocycles. The normalized spacial score (nSPS) is 14.1. The average molecular weight is 329 g/mol. The second kappa shape index (κ2) is 6.82. The molecule has 0 heterocycles. The van der Waals surface area contributed by atoms with Gasteiger partial charge in [-0.3, -0.25) is 0 Å². The molecule has 0 fully saturated rings. The molecule has 106 valence electrons. The summed E-state index contributed by atoms with van der Waals surface area (Å²) in [6, 6.07) is 13.7. The SMILES string of the molecule is CC(NC(C)c1ccc(Cl)cc1Cl)c1cccc(Cl)c1. The molecule has 0 amide bonds. The van der Waals surface area contributed by atoms with Crippen LogP contribution in [0.3, 0.4) is 0 Å². The van der Waals surface area contributed by atoms with Gasteiger partial charge in [-0.25, -0.2) is 0 Å². The Bertz CT molecular complexity index is 598. The lowest BCUT2D eigenvalue weighted by Gasteiger charge is -2.22. The Labute approximate surface area is 134 Å². The Hall–Kier alpha value is -0.730. The zero-order valence-electron chi connectivity index (χ0n) is 11.3. The van der Waals surface area contributed by atoms with Gasteiger partial charge in [-0.15, -0.1) is 0 Å². The molecule has 2 aromatic carbocycles. The van der Waals surface area contributed by atoms with Gasteiger partial charge in [0.15, 0.2) is 0 Å². The minimum atomic E-state index is 0.119. The zero-order valence-corrected chi connectivity index (χ0v) is 13.6. The number of nitrogens with one attached hydrogen (secondary N) is 1. The van der Waals surface area contributed by atoms with Gasteiger partial charge in [-0.05, 0) is 49.2 Å². The molecule has 0 saturated carbocycles. The van der Waals surface area contributed by atoms with Gasteiger partial charge in [0.2, 0.25) is 0 Å². The van der Waals surface area contributed by atoms with Crippen LogP contribution in [-0.4, -0.2) is 0 Å². The Morgan fingerprint density at radius 1 is 0.850 bits per heavy atom. The maximum Gasteiger partial charge on any atom is 0.0468 e. The minimum Gasteiger partial charge on any atom is -0.304 e. The molecule has 0 radical (unpaired) electrons. The van der Waals surface area contributed by atoms with E-state index >= 15 is 0 Å². The summed E-state index contributed by atoms with van der Waals surface area (Å²) < 4.78 is 0. The summed E-state index contributed by atoms with van der Waals surface area (Å²) in [4.78, 5) is 0. The number of benzene rings is 2. The van der Waals surface area contributed by atoms with Crippen molar-refractivity contribution in [1.82, 2.24) is 5.32 Å². The molecule has 0 aliphatic rings.